The number of carbonyl (C=O) groups is 1. The predicted octanol–water partition coefficient (Wildman–Crippen LogP) is 1.79. The second-order valence-electron chi connectivity index (χ2n) is 4.70. The Morgan fingerprint density at radius 1 is 1.24 bits per heavy atom. The highest BCUT2D eigenvalue weighted by atomic mass is 33.1. The monoisotopic (exact) mass is 329 g/mol. The number of rotatable bonds is 7. The molecule has 0 radical (unpaired) electrons. The number of nitrogen functional groups attached to an aromatic ring is 2. The van der Waals surface area contributed by atoms with Crippen molar-refractivity contribution >= 4 is 39.5 Å². The third kappa shape index (κ3) is 5.96. The van der Waals surface area contributed by atoms with Gasteiger partial charge in [-0.05, 0) is 19.3 Å². The number of esters is 1. The van der Waals surface area contributed by atoms with Gasteiger partial charge in [0.25, 0.3) is 0 Å². The lowest BCUT2D eigenvalue weighted by Crippen LogP contribution is -2.11. The lowest BCUT2D eigenvalue weighted by molar-refractivity contribution is -0.145. The van der Waals surface area contributed by atoms with Gasteiger partial charge in [-0.15, -0.1) is 0 Å². The Balaban J connectivity index is 1.60. The summed E-state index contributed by atoms with van der Waals surface area (Å²) in [4.78, 5) is 23.0. The maximum atomic E-state index is 11.6. The summed E-state index contributed by atoms with van der Waals surface area (Å²) in [6.45, 7) is -0.0229. The summed E-state index contributed by atoms with van der Waals surface area (Å²) in [5.41, 5.74) is 10.9. The first-order valence-electron chi connectivity index (χ1n) is 6.83. The van der Waals surface area contributed by atoms with Crippen molar-refractivity contribution in [2.24, 2.45) is 0 Å². The fourth-order valence-corrected chi connectivity index (χ4v) is 4.97. The van der Waals surface area contributed by atoms with E-state index < -0.39 is 0 Å². The highest BCUT2D eigenvalue weighted by molar-refractivity contribution is 8.77. The Kier molecular flexibility index (Phi) is 6.37. The maximum Gasteiger partial charge on any atom is 0.306 e. The van der Waals surface area contributed by atoms with Crippen molar-refractivity contribution in [3.05, 3.63) is 5.82 Å². The Morgan fingerprint density at radius 2 is 2.00 bits per heavy atom. The molecule has 0 aromatic carbocycles. The van der Waals surface area contributed by atoms with Crippen LogP contribution in [0.1, 0.15) is 37.9 Å². The Bertz CT molecular complexity index is 462. The van der Waals surface area contributed by atoms with Crippen LogP contribution in [0.4, 0.5) is 11.9 Å². The molecule has 1 aromatic heterocycles. The molecule has 7 nitrogen and oxygen atoms in total. The number of hydrogen-bond donors (Lipinski definition) is 2. The zero-order valence-corrected chi connectivity index (χ0v) is 13.3. The molecule has 0 amide bonds. The van der Waals surface area contributed by atoms with Gasteiger partial charge in [0.1, 0.15) is 0 Å². The van der Waals surface area contributed by atoms with Gasteiger partial charge in [-0.3, -0.25) is 4.79 Å². The van der Waals surface area contributed by atoms with E-state index in [0.717, 1.165) is 18.1 Å². The molecule has 0 aliphatic carbocycles. The minimum atomic E-state index is -0.249. The fraction of sp³-hybridized carbons (Fsp3) is 0.667. The molecule has 0 saturated carbocycles. The van der Waals surface area contributed by atoms with E-state index in [1.54, 1.807) is 0 Å². The number of hydrogen-bond acceptors (Lipinski definition) is 9. The fourth-order valence-electron chi connectivity index (χ4n) is 1.94. The van der Waals surface area contributed by atoms with Crippen LogP contribution in [0.15, 0.2) is 0 Å². The molecule has 1 aromatic rings. The van der Waals surface area contributed by atoms with Crippen molar-refractivity contribution in [1.29, 1.82) is 0 Å². The van der Waals surface area contributed by atoms with Crippen LogP contribution in [0.5, 0.6) is 0 Å². The van der Waals surface area contributed by atoms with Crippen LogP contribution < -0.4 is 11.5 Å². The third-order valence-electron chi connectivity index (χ3n) is 2.96. The number of ether oxygens (including phenoxy) is 1. The third-order valence-corrected chi connectivity index (χ3v) is 5.97. The summed E-state index contributed by atoms with van der Waals surface area (Å²) in [7, 11) is 3.91. The van der Waals surface area contributed by atoms with Crippen molar-refractivity contribution in [3.63, 3.8) is 0 Å². The molecule has 1 atom stereocenters. The minimum Gasteiger partial charge on any atom is -0.457 e. The van der Waals surface area contributed by atoms with E-state index in [9.17, 15) is 4.79 Å². The maximum absolute atomic E-state index is 11.6. The van der Waals surface area contributed by atoms with Gasteiger partial charge < -0.3 is 16.2 Å². The van der Waals surface area contributed by atoms with Crippen LogP contribution in [0.25, 0.3) is 0 Å². The zero-order chi connectivity index (χ0) is 15.1. The van der Waals surface area contributed by atoms with Crippen LogP contribution >= 0.6 is 21.6 Å². The number of unbranched alkanes of at least 4 members (excludes halogenated alkanes) is 1. The first-order chi connectivity index (χ1) is 10.1. The van der Waals surface area contributed by atoms with Gasteiger partial charge in [0.15, 0.2) is 12.4 Å². The summed E-state index contributed by atoms with van der Waals surface area (Å²) in [5.74, 6) is 1.32. The van der Waals surface area contributed by atoms with Crippen LogP contribution in [0.3, 0.4) is 0 Å². The lowest BCUT2D eigenvalue weighted by Gasteiger charge is -2.07. The number of nitrogens with zero attached hydrogens (tertiary/aromatic N) is 3. The van der Waals surface area contributed by atoms with Crippen molar-refractivity contribution < 1.29 is 9.53 Å². The average molecular weight is 329 g/mol. The summed E-state index contributed by atoms with van der Waals surface area (Å²) in [6.07, 6.45) is 4.77. The Morgan fingerprint density at radius 3 is 2.67 bits per heavy atom. The quantitative estimate of drug-likeness (QED) is 0.438. The standard InChI is InChI=1S/C12H19N5O2S2/c13-11-15-9(16-12(14)17-11)7-19-10(18)4-2-1-3-8-5-6-20-21-8/h8H,1-7H2,(H4,13,14,15,16,17)/t8-/m0/s1. The van der Waals surface area contributed by atoms with E-state index in [-0.39, 0.29) is 30.3 Å². The first-order valence-corrected chi connectivity index (χ1v) is 9.21. The molecule has 0 bridgehead atoms. The molecule has 0 spiro atoms. The molecule has 1 saturated heterocycles. The molecule has 2 heterocycles. The molecule has 0 unspecified atom stereocenters. The minimum absolute atomic E-state index is 0.0229. The molecule has 1 aliphatic heterocycles. The van der Waals surface area contributed by atoms with Gasteiger partial charge in [0, 0.05) is 17.4 Å². The molecule has 9 heteroatoms. The summed E-state index contributed by atoms with van der Waals surface area (Å²) in [5, 5.41) is 0.752. The Labute approximate surface area is 131 Å². The van der Waals surface area contributed by atoms with Gasteiger partial charge in [-0.1, -0.05) is 28.0 Å². The van der Waals surface area contributed by atoms with Crippen LogP contribution in [-0.2, 0) is 16.1 Å². The van der Waals surface area contributed by atoms with Gasteiger partial charge in [-0.25, -0.2) is 0 Å². The lowest BCUT2D eigenvalue weighted by atomic mass is 10.1. The molecule has 1 aliphatic rings. The molecular formula is C12H19N5O2S2. The van der Waals surface area contributed by atoms with Crippen LogP contribution in [0.2, 0.25) is 0 Å². The van der Waals surface area contributed by atoms with E-state index in [0.29, 0.717) is 6.42 Å². The number of nitrogens with two attached hydrogens (primary N) is 2. The number of anilines is 2. The number of aromatic nitrogens is 3. The van der Waals surface area contributed by atoms with Gasteiger partial charge in [0.05, 0.1) is 0 Å². The molecule has 1 fully saturated rings. The molecule has 116 valence electrons. The summed E-state index contributed by atoms with van der Waals surface area (Å²) < 4.78 is 5.10. The van der Waals surface area contributed by atoms with Gasteiger partial charge >= 0.3 is 5.97 Å². The van der Waals surface area contributed by atoms with Gasteiger partial charge in [-0.2, -0.15) is 15.0 Å². The smallest absolute Gasteiger partial charge is 0.306 e. The molecular weight excluding hydrogens is 310 g/mol. The molecule has 4 N–H and O–H groups in total. The van der Waals surface area contributed by atoms with Crippen LogP contribution in [-0.4, -0.2) is 31.9 Å². The van der Waals surface area contributed by atoms with E-state index in [1.807, 2.05) is 21.6 Å². The van der Waals surface area contributed by atoms with Crippen LogP contribution in [0, 0.1) is 0 Å². The molecule has 21 heavy (non-hydrogen) atoms. The predicted molar refractivity (Wildman–Crippen MR) is 85.4 cm³/mol. The normalized spacial score (nSPS) is 17.8. The van der Waals surface area contributed by atoms with E-state index in [2.05, 4.69) is 15.0 Å². The van der Waals surface area contributed by atoms with Crippen molar-refractivity contribution in [3.8, 4) is 0 Å². The second-order valence-corrected chi connectivity index (χ2v) is 7.49. The molecule has 2 rings (SSSR count). The Hall–Kier alpha value is -1.22. The van der Waals surface area contributed by atoms with Crippen molar-refractivity contribution in [2.75, 3.05) is 17.2 Å². The first kappa shape index (κ1) is 16.2. The topological polar surface area (TPSA) is 117 Å². The SMILES string of the molecule is Nc1nc(N)nc(COC(=O)CCCC[C@H]2CCSS2)n1. The second kappa shape index (κ2) is 8.28. The van der Waals surface area contributed by atoms with E-state index in [4.69, 9.17) is 16.2 Å². The van der Waals surface area contributed by atoms with Crippen molar-refractivity contribution in [1.82, 2.24) is 15.0 Å². The summed E-state index contributed by atoms with van der Waals surface area (Å²) in [6, 6.07) is 0. The van der Waals surface area contributed by atoms with E-state index >= 15 is 0 Å². The highest BCUT2D eigenvalue weighted by Gasteiger charge is 2.16. The largest absolute Gasteiger partial charge is 0.457 e. The zero-order valence-electron chi connectivity index (χ0n) is 11.7. The average Bonchev–Trinajstić information content (AvgIpc) is 2.93. The number of carbonyl (C=O) groups excluding carboxylic acids is 1. The van der Waals surface area contributed by atoms with Gasteiger partial charge in [0.2, 0.25) is 11.9 Å². The summed E-state index contributed by atoms with van der Waals surface area (Å²) >= 11 is 0. The highest BCUT2D eigenvalue weighted by Crippen LogP contribution is 2.39. The van der Waals surface area contributed by atoms with Crippen molar-refractivity contribution in [2.45, 2.75) is 44.0 Å². The van der Waals surface area contributed by atoms with E-state index in [1.165, 1.54) is 18.6 Å².